The first-order chi connectivity index (χ1) is 5.33. The van der Waals surface area contributed by atoms with E-state index < -0.39 is 0 Å². The smallest absolute Gasteiger partial charge is 0.0744 e. The molecule has 0 saturated heterocycles. The molecule has 1 atom stereocenters. The van der Waals surface area contributed by atoms with Crippen LogP contribution in [0.25, 0.3) is 0 Å². The maximum Gasteiger partial charge on any atom is 0.0744 e. The van der Waals surface area contributed by atoms with Gasteiger partial charge in [0.05, 0.1) is 12.0 Å². The maximum atomic E-state index is 8.72. The van der Waals surface area contributed by atoms with Gasteiger partial charge in [-0.2, -0.15) is 0 Å². The number of rotatable bonds is 3. The van der Waals surface area contributed by atoms with Crippen molar-refractivity contribution in [3.05, 3.63) is 0 Å². The van der Waals surface area contributed by atoms with Crippen molar-refractivity contribution in [1.82, 2.24) is 0 Å². The third kappa shape index (κ3) is 3.45. The van der Waals surface area contributed by atoms with E-state index in [4.69, 9.17) is 10.8 Å². The Morgan fingerprint density at radius 3 is 2.55 bits per heavy atom. The van der Waals surface area contributed by atoms with Crippen LogP contribution in [-0.4, -0.2) is 22.3 Å². The van der Waals surface area contributed by atoms with Crippen LogP contribution >= 0.6 is 11.8 Å². The Morgan fingerprint density at radius 2 is 2.00 bits per heavy atom. The molecular formula is C8H17NOS. The van der Waals surface area contributed by atoms with E-state index in [1.807, 2.05) is 0 Å². The van der Waals surface area contributed by atoms with E-state index in [1.54, 1.807) is 11.8 Å². The third-order valence-electron chi connectivity index (χ3n) is 2.10. The first-order valence-corrected chi connectivity index (χ1v) is 5.29. The van der Waals surface area contributed by atoms with E-state index in [-0.39, 0.29) is 12.0 Å². The Hall–Kier alpha value is 0.270. The van der Waals surface area contributed by atoms with Crippen LogP contribution < -0.4 is 5.73 Å². The summed E-state index contributed by atoms with van der Waals surface area (Å²) in [5.74, 6) is 0. The Labute approximate surface area is 72.5 Å². The molecule has 1 unspecified atom stereocenters. The standard InChI is InChI=1S/C8H17NOS/c9-8(6-10)11-7-4-2-1-3-5-7/h7-8,10H,1-6,9H2. The molecule has 3 heteroatoms. The summed E-state index contributed by atoms with van der Waals surface area (Å²) in [6.45, 7) is 0.112. The molecule has 1 saturated carbocycles. The quantitative estimate of drug-likeness (QED) is 0.636. The summed E-state index contributed by atoms with van der Waals surface area (Å²) in [4.78, 5) is 0. The molecule has 1 fully saturated rings. The van der Waals surface area contributed by atoms with Gasteiger partial charge in [0.1, 0.15) is 0 Å². The van der Waals surface area contributed by atoms with Crippen LogP contribution in [0, 0.1) is 0 Å². The van der Waals surface area contributed by atoms with Gasteiger partial charge in [0.15, 0.2) is 0 Å². The predicted molar refractivity (Wildman–Crippen MR) is 49.5 cm³/mol. The largest absolute Gasteiger partial charge is 0.394 e. The molecule has 0 aromatic carbocycles. The topological polar surface area (TPSA) is 46.2 Å². The second kappa shape index (κ2) is 5.01. The molecule has 0 aromatic rings. The molecule has 0 radical (unpaired) electrons. The van der Waals surface area contributed by atoms with Crippen LogP contribution in [0.4, 0.5) is 0 Å². The number of aliphatic hydroxyl groups is 1. The third-order valence-corrected chi connectivity index (χ3v) is 3.45. The monoisotopic (exact) mass is 175 g/mol. The molecule has 66 valence electrons. The van der Waals surface area contributed by atoms with Crippen LogP contribution in [0.1, 0.15) is 32.1 Å². The zero-order valence-corrected chi connectivity index (χ0v) is 7.65. The van der Waals surface area contributed by atoms with Crippen molar-refractivity contribution < 1.29 is 5.11 Å². The molecule has 0 spiro atoms. The molecule has 3 N–H and O–H groups in total. The highest BCUT2D eigenvalue weighted by atomic mass is 32.2. The second-order valence-electron chi connectivity index (χ2n) is 3.12. The molecule has 0 bridgehead atoms. The Morgan fingerprint density at radius 1 is 1.36 bits per heavy atom. The first-order valence-electron chi connectivity index (χ1n) is 4.35. The van der Waals surface area contributed by atoms with Crippen LogP contribution in [0.3, 0.4) is 0 Å². The van der Waals surface area contributed by atoms with Crippen LogP contribution in [-0.2, 0) is 0 Å². The summed E-state index contributed by atoms with van der Waals surface area (Å²) in [6, 6.07) is 0. The fourth-order valence-corrected chi connectivity index (χ4v) is 2.68. The highest BCUT2D eigenvalue weighted by molar-refractivity contribution is 8.00. The number of nitrogens with two attached hydrogens (primary N) is 1. The summed E-state index contributed by atoms with van der Waals surface area (Å²) >= 11 is 1.75. The van der Waals surface area contributed by atoms with Gasteiger partial charge in [-0.05, 0) is 12.8 Å². The van der Waals surface area contributed by atoms with Crippen LogP contribution in [0.2, 0.25) is 0 Å². The predicted octanol–water partition coefficient (Wildman–Crippen LogP) is 1.33. The van der Waals surface area contributed by atoms with Crippen molar-refractivity contribution in [3.63, 3.8) is 0 Å². The van der Waals surface area contributed by atoms with Crippen molar-refractivity contribution in [3.8, 4) is 0 Å². The summed E-state index contributed by atoms with van der Waals surface area (Å²) in [6.07, 6.45) is 6.65. The van der Waals surface area contributed by atoms with Crippen LogP contribution in [0.5, 0.6) is 0 Å². The zero-order valence-electron chi connectivity index (χ0n) is 6.83. The van der Waals surface area contributed by atoms with E-state index in [1.165, 1.54) is 32.1 Å². The second-order valence-corrected chi connectivity index (χ2v) is 4.66. The lowest BCUT2D eigenvalue weighted by Gasteiger charge is -2.23. The number of aliphatic hydroxyl groups excluding tert-OH is 1. The molecule has 1 aliphatic carbocycles. The molecule has 0 heterocycles. The van der Waals surface area contributed by atoms with Crippen molar-refractivity contribution >= 4 is 11.8 Å². The fraction of sp³-hybridized carbons (Fsp3) is 1.00. The first kappa shape index (κ1) is 9.36. The lowest BCUT2D eigenvalue weighted by Crippen LogP contribution is -2.24. The van der Waals surface area contributed by atoms with Crippen molar-refractivity contribution in [2.45, 2.75) is 42.7 Å². The SMILES string of the molecule is NC(CO)SC1CCCCC1. The van der Waals surface area contributed by atoms with E-state index in [2.05, 4.69) is 0 Å². The van der Waals surface area contributed by atoms with Gasteiger partial charge in [0.25, 0.3) is 0 Å². The Bertz CT molecular complexity index is 104. The number of thioether (sulfide) groups is 1. The fourth-order valence-electron chi connectivity index (χ4n) is 1.49. The van der Waals surface area contributed by atoms with Gasteiger partial charge in [-0.15, -0.1) is 11.8 Å². The van der Waals surface area contributed by atoms with Gasteiger partial charge in [-0.3, -0.25) is 0 Å². The molecule has 11 heavy (non-hydrogen) atoms. The molecular weight excluding hydrogens is 158 g/mol. The lowest BCUT2D eigenvalue weighted by atomic mass is 10.0. The van der Waals surface area contributed by atoms with Gasteiger partial charge in [0, 0.05) is 5.25 Å². The van der Waals surface area contributed by atoms with E-state index >= 15 is 0 Å². The minimum absolute atomic E-state index is 0.0573. The summed E-state index contributed by atoms with van der Waals surface area (Å²) in [5.41, 5.74) is 5.62. The highest BCUT2D eigenvalue weighted by Crippen LogP contribution is 2.29. The molecule has 0 aromatic heterocycles. The summed E-state index contributed by atoms with van der Waals surface area (Å²) < 4.78 is 0. The van der Waals surface area contributed by atoms with Gasteiger partial charge in [0.2, 0.25) is 0 Å². The normalized spacial score (nSPS) is 23.5. The molecule has 1 rings (SSSR count). The zero-order chi connectivity index (χ0) is 8.10. The Balaban J connectivity index is 2.13. The van der Waals surface area contributed by atoms with Gasteiger partial charge in [-0.1, -0.05) is 19.3 Å². The minimum atomic E-state index is -0.0573. The average molecular weight is 175 g/mol. The summed E-state index contributed by atoms with van der Waals surface area (Å²) in [7, 11) is 0. The Kier molecular flexibility index (Phi) is 4.26. The van der Waals surface area contributed by atoms with Gasteiger partial charge < -0.3 is 10.8 Å². The van der Waals surface area contributed by atoms with Crippen molar-refractivity contribution in [2.24, 2.45) is 5.73 Å². The van der Waals surface area contributed by atoms with E-state index in [0.29, 0.717) is 5.25 Å². The number of hydrogen-bond acceptors (Lipinski definition) is 3. The molecule has 1 aliphatic rings. The maximum absolute atomic E-state index is 8.72. The average Bonchev–Trinajstić information content (AvgIpc) is 2.06. The number of hydrogen-bond donors (Lipinski definition) is 2. The van der Waals surface area contributed by atoms with Gasteiger partial charge in [-0.25, -0.2) is 0 Å². The summed E-state index contributed by atoms with van der Waals surface area (Å²) in [5, 5.41) is 9.38. The minimum Gasteiger partial charge on any atom is -0.394 e. The molecule has 0 amide bonds. The van der Waals surface area contributed by atoms with Gasteiger partial charge >= 0.3 is 0 Å². The van der Waals surface area contributed by atoms with E-state index in [0.717, 1.165) is 0 Å². The van der Waals surface area contributed by atoms with E-state index in [9.17, 15) is 0 Å². The van der Waals surface area contributed by atoms with Crippen molar-refractivity contribution in [2.75, 3.05) is 6.61 Å². The van der Waals surface area contributed by atoms with Crippen LogP contribution in [0.15, 0.2) is 0 Å². The highest BCUT2D eigenvalue weighted by Gasteiger charge is 2.16. The molecule has 0 aliphatic heterocycles. The molecule has 2 nitrogen and oxygen atoms in total. The van der Waals surface area contributed by atoms with Crippen molar-refractivity contribution in [1.29, 1.82) is 0 Å². The lowest BCUT2D eigenvalue weighted by molar-refractivity contribution is 0.296.